The lowest BCUT2D eigenvalue weighted by molar-refractivity contribution is 0.174. The second-order valence-electron chi connectivity index (χ2n) is 4.13. The van der Waals surface area contributed by atoms with E-state index >= 15 is 0 Å². The van der Waals surface area contributed by atoms with Crippen molar-refractivity contribution in [1.29, 1.82) is 0 Å². The summed E-state index contributed by atoms with van der Waals surface area (Å²) in [5.41, 5.74) is 1.25. The van der Waals surface area contributed by atoms with Gasteiger partial charge in [0.1, 0.15) is 0 Å². The normalized spacial score (nSPS) is 14.9. The predicted molar refractivity (Wildman–Crippen MR) is 72.0 cm³/mol. The first-order valence-corrected chi connectivity index (χ1v) is 7.32. The topological polar surface area (TPSA) is 30.5 Å². The molecular weight excluding hydrogens is 234 g/mol. The molecule has 0 saturated heterocycles. The lowest BCUT2D eigenvalue weighted by Gasteiger charge is -2.14. The molecular formula is C13H19NO2S. The van der Waals surface area contributed by atoms with Gasteiger partial charge in [0.05, 0.1) is 0 Å². The maximum absolute atomic E-state index is 5.38. The summed E-state index contributed by atoms with van der Waals surface area (Å²) in [5, 5.41) is 3.52. The Balaban J connectivity index is 1.88. The third kappa shape index (κ3) is 3.30. The minimum absolute atomic E-state index is 0.342. The van der Waals surface area contributed by atoms with Crippen LogP contribution in [0.15, 0.2) is 18.2 Å². The van der Waals surface area contributed by atoms with Gasteiger partial charge in [-0.25, -0.2) is 0 Å². The van der Waals surface area contributed by atoms with E-state index in [4.69, 9.17) is 9.47 Å². The van der Waals surface area contributed by atoms with Crippen LogP contribution in [-0.4, -0.2) is 25.3 Å². The van der Waals surface area contributed by atoms with Crippen LogP contribution in [0.25, 0.3) is 0 Å². The SMILES string of the molecule is CSCCCNC(C)c1ccc2c(c1)OCO2. The molecule has 0 fully saturated rings. The molecule has 1 aliphatic rings. The van der Waals surface area contributed by atoms with Gasteiger partial charge in [0.15, 0.2) is 11.5 Å². The monoisotopic (exact) mass is 253 g/mol. The molecule has 1 atom stereocenters. The van der Waals surface area contributed by atoms with Crippen LogP contribution in [0.2, 0.25) is 0 Å². The number of nitrogens with one attached hydrogen (secondary N) is 1. The van der Waals surface area contributed by atoms with Crippen molar-refractivity contribution in [1.82, 2.24) is 5.32 Å². The first-order chi connectivity index (χ1) is 8.31. The molecule has 1 N–H and O–H groups in total. The molecule has 1 heterocycles. The van der Waals surface area contributed by atoms with Gasteiger partial charge >= 0.3 is 0 Å². The highest BCUT2D eigenvalue weighted by Crippen LogP contribution is 2.34. The Bertz CT molecular complexity index is 370. The van der Waals surface area contributed by atoms with Crippen LogP contribution in [0.5, 0.6) is 11.5 Å². The van der Waals surface area contributed by atoms with Gasteiger partial charge in [-0.3, -0.25) is 0 Å². The van der Waals surface area contributed by atoms with E-state index < -0.39 is 0 Å². The molecule has 0 bridgehead atoms. The predicted octanol–water partition coefficient (Wildman–Crippen LogP) is 2.82. The van der Waals surface area contributed by atoms with Crippen molar-refractivity contribution in [3.8, 4) is 11.5 Å². The Hall–Kier alpha value is -0.870. The second kappa shape index (κ2) is 6.17. The Labute approximate surface area is 107 Å². The van der Waals surface area contributed by atoms with Crippen LogP contribution < -0.4 is 14.8 Å². The molecule has 94 valence electrons. The first-order valence-electron chi connectivity index (χ1n) is 5.93. The molecule has 3 nitrogen and oxygen atoms in total. The zero-order valence-corrected chi connectivity index (χ0v) is 11.2. The van der Waals surface area contributed by atoms with Crippen molar-refractivity contribution in [2.24, 2.45) is 0 Å². The zero-order chi connectivity index (χ0) is 12.1. The summed E-state index contributed by atoms with van der Waals surface area (Å²) < 4.78 is 10.7. The van der Waals surface area contributed by atoms with Crippen molar-refractivity contribution in [2.45, 2.75) is 19.4 Å². The van der Waals surface area contributed by atoms with E-state index in [2.05, 4.69) is 30.6 Å². The van der Waals surface area contributed by atoms with Crippen molar-refractivity contribution in [3.05, 3.63) is 23.8 Å². The first kappa shape index (κ1) is 12.6. The minimum Gasteiger partial charge on any atom is -0.454 e. The molecule has 1 aliphatic heterocycles. The zero-order valence-electron chi connectivity index (χ0n) is 10.4. The van der Waals surface area contributed by atoms with Crippen molar-refractivity contribution < 1.29 is 9.47 Å². The Morgan fingerprint density at radius 3 is 3.00 bits per heavy atom. The van der Waals surface area contributed by atoms with Gasteiger partial charge in [-0.15, -0.1) is 0 Å². The van der Waals surface area contributed by atoms with E-state index in [0.717, 1.165) is 18.0 Å². The number of hydrogen-bond donors (Lipinski definition) is 1. The standard InChI is InChI=1S/C13H19NO2S/c1-10(14-6-3-7-17-2)11-4-5-12-13(8-11)16-9-15-12/h4-5,8,10,14H,3,6-7,9H2,1-2H3. The van der Waals surface area contributed by atoms with E-state index in [-0.39, 0.29) is 0 Å². The second-order valence-corrected chi connectivity index (χ2v) is 5.12. The molecule has 0 aliphatic carbocycles. The number of hydrogen-bond acceptors (Lipinski definition) is 4. The van der Waals surface area contributed by atoms with Gasteiger partial charge in [-0.05, 0) is 49.6 Å². The van der Waals surface area contributed by atoms with Gasteiger partial charge in [0, 0.05) is 6.04 Å². The van der Waals surface area contributed by atoms with Crippen LogP contribution in [-0.2, 0) is 0 Å². The quantitative estimate of drug-likeness (QED) is 0.790. The molecule has 4 heteroatoms. The van der Waals surface area contributed by atoms with Gasteiger partial charge in [-0.2, -0.15) is 11.8 Å². The highest BCUT2D eigenvalue weighted by atomic mass is 32.2. The largest absolute Gasteiger partial charge is 0.454 e. The van der Waals surface area contributed by atoms with E-state index in [1.54, 1.807) is 0 Å². The molecule has 1 aromatic rings. The van der Waals surface area contributed by atoms with E-state index in [9.17, 15) is 0 Å². The Morgan fingerprint density at radius 1 is 1.35 bits per heavy atom. The van der Waals surface area contributed by atoms with E-state index in [1.165, 1.54) is 17.7 Å². The third-order valence-corrected chi connectivity index (χ3v) is 3.57. The molecule has 0 aromatic heterocycles. The molecule has 0 radical (unpaired) electrons. The lowest BCUT2D eigenvalue weighted by Crippen LogP contribution is -2.20. The average Bonchev–Trinajstić information content (AvgIpc) is 2.81. The number of fused-ring (bicyclic) bond motifs is 1. The van der Waals surface area contributed by atoms with Gasteiger partial charge in [0.2, 0.25) is 6.79 Å². The molecule has 0 amide bonds. The smallest absolute Gasteiger partial charge is 0.231 e. The van der Waals surface area contributed by atoms with E-state index in [1.807, 2.05) is 17.8 Å². The van der Waals surface area contributed by atoms with Crippen LogP contribution in [0.4, 0.5) is 0 Å². The molecule has 0 spiro atoms. The summed E-state index contributed by atoms with van der Waals surface area (Å²) in [6.45, 7) is 3.57. The van der Waals surface area contributed by atoms with Crippen molar-refractivity contribution >= 4 is 11.8 Å². The summed E-state index contributed by atoms with van der Waals surface area (Å²) in [4.78, 5) is 0. The van der Waals surface area contributed by atoms with Crippen LogP contribution in [0.1, 0.15) is 24.9 Å². The minimum atomic E-state index is 0.342. The van der Waals surface area contributed by atoms with Crippen LogP contribution in [0, 0.1) is 0 Å². The summed E-state index contributed by atoms with van der Waals surface area (Å²) in [7, 11) is 0. The maximum Gasteiger partial charge on any atom is 0.231 e. The summed E-state index contributed by atoms with van der Waals surface area (Å²) in [6, 6.07) is 6.50. The maximum atomic E-state index is 5.38. The fourth-order valence-electron chi connectivity index (χ4n) is 1.84. The molecule has 0 saturated carbocycles. The molecule has 17 heavy (non-hydrogen) atoms. The van der Waals surface area contributed by atoms with Crippen molar-refractivity contribution in [3.63, 3.8) is 0 Å². The summed E-state index contributed by atoms with van der Waals surface area (Å²) >= 11 is 1.89. The third-order valence-electron chi connectivity index (χ3n) is 2.87. The van der Waals surface area contributed by atoms with Gasteiger partial charge in [-0.1, -0.05) is 6.07 Å². The summed E-state index contributed by atoms with van der Waals surface area (Å²) in [6.07, 6.45) is 3.34. The molecule has 1 unspecified atom stereocenters. The van der Waals surface area contributed by atoms with E-state index in [0.29, 0.717) is 12.8 Å². The van der Waals surface area contributed by atoms with Gasteiger partial charge < -0.3 is 14.8 Å². The molecule has 1 aromatic carbocycles. The van der Waals surface area contributed by atoms with Crippen LogP contribution in [0.3, 0.4) is 0 Å². The lowest BCUT2D eigenvalue weighted by atomic mass is 10.1. The number of thioether (sulfide) groups is 1. The number of rotatable bonds is 6. The van der Waals surface area contributed by atoms with Gasteiger partial charge in [0.25, 0.3) is 0 Å². The fourth-order valence-corrected chi connectivity index (χ4v) is 2.27. The highest BCUT2D eigenvalue weighted by Gasteiger charge is 2.15. The van der Waals surface area contributed by atoms with Crippen molar-refractivity contribution in [2.75, 3.05) is 25.3 Å². The highest BCUT2D eigenvalue weighted by molar-refractivity contribution is 7.98. The van der Waals surface area contributed by atoms with Crippen LogP contribution >= 0.6 is 11.8 Å². The number of benzene rings is 1. The fraction of sp³-hybridized carbons (Fsp3) is 0.538. The molecule has 2 rings (SSSR count). The Morgan fingerprint density at radius 2 is 2.18 bits per heavy atom. The number of ether oxygens (including phenoxy) is 2. The Kier molecular flexibility index (Phi) is 4.57. The average molecular weight is 253 g/mol. The summed E-state index contributed by atoms with van der Waals surface area (Å²) in [5.74, 6) is 2.92.